The molecule has 3 rings (SSSR count). The van der Waals surface area contributed by atoms with E-state index in [0.29, 0.717) is 5.92 Å². The molecule has 0 heterocycles. The molecule has 1 aromatic carbocycles. The van der Waals surface area contributed by atoms with Crippen molar-refractivity contribution in [1.29, 1.82) is 0 Å². The first-order chi connectivity index (χ1) is 7.78. The van der Waals surface area contributed by atoms with Crippen LogP contribution in [0.1, 0.15) is 30.2 Å². The molecule has 2 saturated carbocycles. The fourth-order valence-electron chi connectivity index (χ4n) is 3.06. The Bertz CT molecular complexity index is 363. The van der Waals surface area contributed by atoms with Crippen LogP contribution in [0, 0.1) is 17.8 Å². The molecule has 2 aliphatic rings. The zero-order valence-corrected chi connectivity index (χ0v) is 10.3. The number of methoxy groups -OCH3 is 1. The van der Waals surface area contributed by atoms with Gasteiger partial charge < -0.3 is 4.74 Å². The molecule has 2 fully saturated rings. The van der Waals surface area contributed by atoms with E-state index in [4.69, 9.17) is 16.3 Å². The van der Waals surface area contributed by atoms with E-state index in [2.05, 4.69) is 12.1 Å². The lowest BCUT2D eigenvalue weighted by Crippen LogP contribution is -2.05. The van der Waals surface area contributed by atoms with Gasteiger partial charge in [0.05, 0.1) is 12.5 Å². The maximum atomic E-state index is 6.55. The molecular weight excluding hydrogens is 220 g/mol. The van der Waals surface area contributed by atoms with E-state index in [0.717, 1.165) is 17.6 Å². The van der Waals surface area contributed by atoms with Crippen molar-refractivity contribution in [3.63, 3.8) is 0 Å². The molecule has 0 N–H and O–H groups in total. The number of hydrogen-bond acceptors (Lipinski definition) is 1. The fraction of sp³-hybridized carbons (Fsp3) is 0.571. The van der Waals surface area contributed by atoms with Gasteiger partial charge >= 0.3 is 0 Å². The molecule has 1 nitrogen and oxygen atoms in total. The molecule has 0 saturated heterocycles. The molecule has 0 aliphatic heterocycles. The lowest BCUT2D eigenvalue weighted by atomic mass is 9.94. The topological polar surface area (TPSA) is 9.23 Å². The van der Waals surface area contributed by atoms with Crippen molar-refractivity contribution in [2.24, 2.45) is 17.8 Å². The van der Waals surface area contributed by atoms with Gasteiger partial charge in [-0.3, -0.25) is 0 Å². The van der Waals surface area contributed by atoms with E-state index in [1.54, 1.807) is 7.11 Å². The van der Waals surface area contributed by atoms with Gasteiger partial charge in [-0.1, -0.05) is 12.1 Å². The maximum Gasteiger partial charge on any atom is 0.118 e. The molecule has 3 unspecified atom stereocenters. The van der Waals surface area contributed by atoms with Crippen LogP contribution in [0.2, 0.25) is 0 Å². The van der Waals surface area contributed by atoms with Gasteiger partial charge in [0.15, 0.2) is 0 Å². The van der Waals surface area contributed by atoms with Gasteiger partial charge in [-0.15, -0.1) is 11.6 Å². The summed E-state index contributed by atoms with van der Waals surface area (Å²) in [6.45, 7) is 0. The summed E-state index contributed by atoms with van der Waals surface area (Å²) in [5.74, 6) is 3.61. The first kappa shape index (κ1) is 10.5. The Morgan fingerprint density at radius 2 is 1.75 bits per heavy atom. The first-order valence-corrected chi connectivity index (χ1v) is 6.49. The summed E-state index contributed by atoms with van der Waals surface area (Å²) in [6, 6.07) is 8.20. The molecule has 1 aromatic rings. The van der Waals surface area contributed by atoms with Gasteiger partial charge in [-0.25, -0.2) is 0 Å². The van der Waals surface area contributed by atoms with Crippen molar-refractivity contribution in [1.82, 2.24) is 0 Å². The number of benzene rings is 1. The van der Waals surface area contributed by atoms with Gasteiger partial charge in [-0.05, 0) is 54.7 Å². The van der Waals surface area contributed by atoms with Crippen LogP contribution >= 0.6 is 11.6 Å². The Hall–Kier alpha value is -0.690. The summed E-state index contributed by atoms with van der Waals surface area (Å²) in [6.07, 6.45) is 4.14. The molecule has 0 bridgehead atoms. The minimum Gasteiger partial charge on any atom is -0.497 e. The highest BCUT2D eigenvalue weighted by Crippen LogP contribution is 2.58. The molecule has 0 radical (unpaired) electrons. The van der Waals surface area contributed by atoms with E-state index < -0.39 is 0 Å². The Balaban J connectivity index is 1.70. The zero-order valence-electron chi connectivity index (χ0n) is 9.53. The smallest absolute Gasteiger partial charge is 0.118 e. The Labute approximate surface area is 102 Å². The predicted molar refractivity (Wildman–Crippen MR) is 65.9 cm³/mol. The summed E-state index contributed by atoms with van der Waals surface area (Å²) < 4.78 is 5.16. The number of hydrogen-bond donors (Lipinski definition) is 0. The number of rotatable bonds is 3. The molecule has 16 heavy (non-hydrogen) atoms. The number of alkyl halides is 1. The van der Waals surface area contributed by atoms with Crippen LogP contribution < -0.4 is 4.74 Å². The quantitative estimate of drug-likeness (QED) is 0.721. The SMILES string of the molecule is COc1ccc(C(Cl)C2CC3CC3C2)cc1. The minimum atomic E-state index is 0.193. The monoisotopic (exact) mass is 236 g/mol. The van der Waals surface area contributed by atoms with Crippen LogP contribution in [0.5, 0.6) is 5.75 Å². The maximum absolute atomic E-state index is 6.55. The van der Waals surface area contributed by atoms with Crippen molar-refractivity contribution in [3.8, 4) is 5.75 Å². The van der Waals surface area contributed by atoms with E-state index >= 15 is 0 Å². The van der Waals surface area contributed by atoms with Gasteiger partial charge in [0.25, 0.3) is 0 Å². The normalized spacial score (nSPS) is 33.2. The number of fused-ring (bicyclic) bond motifs is 1. The average Bonchev–Trinajstić information content (AvgIpc) is 2.95. The van der Waals surface area contributed by atoms with Gasteiger partial charge in [0.2, 0.25) is 0 Å². The summed E-state index contributed by atoms with van der Waals surface area (Å²) in [5.41, 5.74) is 1.24. The Morgan fingerprint density at radius 3 is 2.31 bits per heavy atom. The second-order valence-electron chi connectivity index (χ2n) is 5.16. The molecule has 86 valence electrons. The van der Waals surface area contributed by atoms with Crippen LogP contribution in [0.25, 0.3) is 0 Å². The molecule has 0 aromatic heterocycles. The first-order valence-electron chi connectivity index (χ1n) is 6.06. The highest BCUT2D eigenvalue weighted by atomic mass is 35.5. The summed E-state index contributed by atoms with van der Waals surface area (Å²) in [4.78, 5) is 0. The van der Waals surface area contributed by atoms with E-state index in [9.17, 15) is 0 Å². The van der Waals surface area contributed by atoms with Crippen molar-refractivity contribution < 1.29 is 4.74 Å². The second kappa shape index (κ2) is 3.96. The predicted octanol–water partition coefficient (Wildman–Crippen LogP) is 4.02. The fourth-order valence-corrected chi connectivity index (χ4v) is 3.41. The van der Waals surface area contributed by atoms with Crippen LogP contribution in [0.3, 0.4) is 0 Å². The summed E-state index contributed by atoms with van der Waals surface area (Å²) >= 11 is 6.55. The largest absolute Gasteiger partial charge is 0.497 e. The molecular formula is C14H17ClO. The minimum absolute atomic E-state index is 0.193. The van der Waals surface area contributed by atoms with Crippen LogP contribution in [-0.4, -0.2) is 7.11 Å². The molecule has 3 atom stereocenters. The highest BCUT2D eigenvalue weighted by molar-refractivity contribution is 6.21. The third kappa shape index (κ3) is 1.82. The lowest BCUT2D eigenvalue weighted by molar-refractivity contribution is 0.414. The van der Waals surface area contributed by atoms with Crippen molar-refractivity contribution in [2.75, 3.05) is 7.11 Å². The lowest BCUT2D eigenvalue weighted by Gasteiger charge is -2.19. The standard InChI is InChI=1S/C14H17ClO/c1-16-13-4-2-9(3-5-13)14(15)12-7-10-6-11(10)8-12/h2-5,10-12,14H,6-8H2,1H3. The van der Waals surface area contributed by atoms with Gasteiger partial charge in [0, 0.05) is 0 Å². The highest BCUT2D eigenvalue weighted by Gasteiger charge is 2.47. The molecule has 2 aliphatic carbocycles. The second-order valence-corrected chi connectivity index (χ2v) is 5.63. The molecule has 0 spiro atoms. The van der Waals surface area contributed by atoms with E-state index in [-0.39, 0.29) is 5.38 Å². The van der Waals surface area contributed by atoms with E-state index in [1.165, 1.54) is 24.8 Å². The zero-order chi connectivity index (χ0) is 11.1. The van der Waals surface area contributed by atoms with Crippen molar-refractivity contribution in [2.45, 2.75) is 24.6 Å². The molecule has 2 heteroatoms. The number of ether oxygens (including phenoxy) is 1. The summed E-state index contributed by atoms with van der Waals surface area (Å²) in [7, 11) is 1.69. The average molecular weight is 237 g/mol. The van der Waals surface area contributed by atoms with E-state index in [1.807, 2.05) is 12.1 Å². The summed E-state index contributed by atoms with van der Waals surface area (Å²) in [5, 5.41) is 0.193. The van der Waals surface area contributed by atoms with Gasteiger partial charge in [0.1, 0.15) is 5.75 Å². The van der Waals surface area contributed by atoms with Crippen molar-refractivity contribution in [3.05, 3.63) is 29.8 Å². The Kier molecular flexibility index (Phi) is 2.59. The third-order valence-electron chi connectivity index (χ3n) is 4.13. The van der Waals surface area contributed by atoms with Crippen LogP contribution in [0.15, 0.2) is 24.3 Å². The van der Waals surface area contributed by atoms with Crippen LogP contribution in [0.4, 0.5) is 0 Å². The third-order valence-corrected chi connectivity index (χ3v) is 4.74. The van der Waals surface area contributed by atoms with Crippen molar-refractivity contribution >= 4 is 11.6 Å². The Morgan fingerprint density at radius 1 is 1.12 bits per heavy atom. The number of halogens is 1. The molecule has 0 amide bonds. The van der Waals surface area contributed by atoms with Gasteiger partial charge in [-0.2, -0.15) is 0 Å². The van der Waals surface area contributed by atoms with Crippen LogP contribution in [-0.2, 0) is 0 Å².